The number of rotatable bonds is 4. The summed E-state index contributed by atoms with van der Waals surface area (Å²) < 4.78 is 5.40. The molecular weight excluding hydrogens is 266 g/mol. The predicted molar refractivity (Wildman–Crippen MR) is 83.2 cm³/mol. The minimum Gasteiger partial charge on any atom is -0.384 e. The molecule has 1 unspecified atom stereocenters. The Hall–Kier alpha value is -1.40. The highest BCUT2D eigenvalue weighted by Gasteiger charge is 2.29. The molecule has 1 aromatic heterocycles. The van der Waals surface area contributed by atoms with Crippen molar-refractivity contribution < 1.29 is 4.74 Å². The van der Waals surface area contributed by atoms with Crippen LogP contribution in [0.15, 0.2) is 6.07 Å². The van der Waals surface area contributed by atoms with E-state index < -0.39 is 0 Å². The summed E-state index contributed by atoms with van der Waals surface area (Å²) in [6.45, 7) is 7.49. The quantitative estimate of drug-likeness (QED) is 0.901. The van der Waals surface area contributed by atoms with Crippen molar-refractivity contribution in [2.75, 3.05) is 43.4 Å². The molecule has 1 atom stereocenters. The lowest BCUT2D eigenvalue weighted by atomic mass is 9.99. The van der Waals surface area contributed by atoms with Gasteiger partial charge < -0.3 is 15.4 Å². The molecule has 6 heteroatoms. The molecule has 0 aliphatic carbocycles. The first kappa shape index (κ1) is 14.5. The zero-order valence-corrected chi connectivity index (χ0v) is 12.8. The number of aromatic nitrogens is 2. The van der Waals surface area contributed by atoms with Gasteiger partial charge in [0.25, 0.3) is 0 Å². The van der Waals surface area contributed by atoms with Crippen LogP contribution in [0.3, 0.4) is 0 Å². The van der Waals surface area contributed by atoms with Crippen molar-refractivity contribution >= 4 is 11.6 Å². The molecule has 21 heavy (non-hydrogen) atoms. The third-order valence-electron chi connectivity index (χ3n) is 4.38. The van der Waals surface area contributed by atoms with E-state index in [0.717, 1.165) is 25.5 Å². The zero-order chi connectivity index (χ0) is 14.7. The lowest BCUT2D eigenvalue weighted by Crippen LogP contribution is -2.55. The zero-order valence-electron chi connectivity index (χ0n) is 12.8. The molecule has 2 aliphatic heterocycles. The molecule has 3 rings (SSSR count). The SMILES string of the molecule is CCOCc1nc(N)cc(N2CCN3CCCCC3C2)n1. The van der Waals surface area contributed by atoms with Gasteiger partial charge in [-0.2, -0.15) is 0 Å². The molecule has 6 nitrogen and oxygen atoms in total. The summed E-state index contributed by atoms with van der Waals surface area (Å²) in [5, 5.41) is 0. The fraction of sp³-hybridized carbons (Fsp3) is 0.733. The minimum atomic E-state index is 0.429. The van der Waals surface area contributed by atoms with E-state index in [1.54, 1.807) is 0 Å². The maximum absolute atomic E-state index is 5.93. The number of fused-ring (bicyclic) bond motifs is 1. The van der Waals surface area contributed by atoms with Crippen molar-refractivity contribution in [1.29, 1.82) is 0 Å². The first-order valence-corrected chi connectivity index (χ1v) is 7.96. The van der Waals surface area contributed by atoms with Gasteiger partial charge in [-0.25, -0.2) is 9.97 Å². The minimum absolute atomic E-state index is 0.429. The first-order valence-electron chi connectivity index (χ1n) is 7.96. The Labute approximate surface area is 126 Å². The van der Waals surface area contributed by atoms with E-state index in [1.165, 1.54) is 25.8 Å². The highest BCUT2D eigenvalue weighted by molar-refractivity contribution is 5.47. The molecule has 2 N–H and O–H groups in total. The molecular formula is C15H25N5O. The molecule has 1 aromatic rings. The standard InChI is InChI=1S/C15H25N5O/c1-2-21-11-14-17-13(16)9-15(18-14)20-8-7-19-6-4-3-5-12(19)10-20/h9,12H,2-8,10-11H2,1H3,(H2,16,17,18). The maximum Gasteiger partial charge on any atom is 0.158 e. The Morgan fingerprint density at radius 1 is 1.29 bits per heavy atom. The fourth-order valence-electron chi connectivity index (χ4n) is 3.29. The van der Waals surface area contributed by atoms with Crippen LogP contribution < -0.4 is 10.6 Å². The van der Waals surface area contributed by atoms with E-state index in [4.69, 9.17) is 10.5 Å². The Bertz CT molecular complexity index is 481. The summed E-state index contributed by atoms with van der Waals surface area (Å²) in [7, 11) is 0. The van der Waals surface area contributed by atoms with Crippen LogP contribution in [0, 0.1) is 0 Å². The van der Waals surface area contributed by atoms with E-state index >= 15 is 0 Å². The summed E-state index contributed by atoms with van der Waals surface area (Å²) in [6.07, 6.45) is 3.98. The lowest BCUT2D eigenvalue weighted by molar-refractivity contribution is 0.127. The van der Waals surface area contributed by atoms with Gasteiger partial charge >= 0.3 is 0 Å². The number of nitrogens with zero attached hydrogens (tertiary/aromatic N) is 4. The van der Waals surface area contributed by atoms with Crippen LogP contribution in [-0.2, 0) is 11.3 Å². The molecule has 3 heterocycles. The molecule has 2 aliphatic rings. The van der Waals surface area contributed by atoms with E-state index in [1.807, 2.05) is 13.0 Å². The summed E-state index contributed by atoms with van der Waals surface area (Å²) in [5.41, 5.74) is 5.93. The summed E-state index contributed by atoms with van der Waals surface area (Å²) >= 11 is 0. The molecule has 0 bridgehead atoms. The van der Waals surface area contributed by atoms with Crippen LogP contribution in [0.2, 0.25) is 0 Å². The molecule has 116 valence electrons. The van der Waals surface area contributed by atoms with Crippen LogP contribution in [0.1, 0.15) is 32.0 Å². The second-order valence-corrected chi connectivity index (χ2v) is 5.84. The van der Waals surface area contributed by atoms with Gasteiger partial charge in [-0.3, -0.25) is 4.90 Å². The van der Waals surface area contributed by atoms with Crippen molar-refractivity contribution in [3.05, 3.63) is 11.9 Å². The Balaban J connectivity index is 1.72. The van der Waals surface area contributed by atoms with Gasteiger partial charge in [0.1, 0.15) is 18.2 Å². The third-order valence-corrected chi connectivity index (χ3v) is 4.38. The van der Waals surface area contributed by atoms with Gasteiger partial charge in [0.15, 0.2) is 5.82 Å². The van der Waals surface area contributed by atoms with E-state index in [0.29, 0.717) is 30.9 Å². The molecule has 0 spiro atoms. The number of ether oxygens (including phenoxy) is 1. The van der Waals surface area contributed by atoms with Gasteiger partial charge in [-0.05, 0) is 26.3 Å². The normalized spacial score (nSPS) is 23.1. The van der Waals surface area contributed by atoms with Crippen LogP contribution in [-0.4, -0.2) is 53.7 Å². The number of anilines is 2. The van der Waals surface area contributed by atoms with Crippen molar-refractivity contribution in [1.82, 2.24) is 14.9 Å². The number of hydrogen-bond acceptors (Lipinski definition) is 6. The Kier molecular flexibility index (Phi) is 4.55. The topological polar surface area (TPSA) is 67.5 Å². The van der Waals surface area contributed by atoms with Crippen molar-refractivity contribution in [3.8, 4) is 0 Å². The van der Waals surface area contributed by atoms with E-state index in [-0.39, 0.29) is 0 Å². The van der Waals surface area contributed by atoms with E-state index in [9.17, 15) is 0 Å². The molecule has 2 fully saturated rings. The van der Waals surface area contributed by atoms with E-state index in [2.05, 4.69) is 19.8 Å². The van der Waals surface area contributed by atoms with Gasteiger partial charge in [-0.15, -0.1) is 0 Å². The maximum atomic E-state index is 5.93. The highest BCUT2D eigenvalue weighted by Crippen LogP contribution is 2.24. The number of piperidine rings is 1. The summed E-state index contributed by atoms with van der Waals surface area (Å²) in [4.78, 5) is 13.8. The van der Waals surface area contributed by atoms with Crippen LogP contribution in [0.4, 0.5) is 11.6 Å². The summed E-state index contributed by atoms with van der Waals surface area (Å²) in [5.74, 6) is 2.15. The highest BCUT2D eigenvalue weighted by atomic mass is 16.5. The molecule has 0 aromatic carbocycles. The molecule has 0 saturated carbocycles. The van der Waals surface area contributed by atoms with Crippen molar-refractivity contribution in [2.24, 2.45) is 0 Å². The number of nitrogen functional groups attached to an aromatic ring is 1. The Morgan fingerprint density at radius 2 is 2.19 bits per heavy atom. The monoisotopic (exact) mass is 291 g/mol. The van der Waals surface area contributed by atoms with Crippen molar-refractivity contribution in [3.63, 3.8) is 0 Å². The first-order chi connectivity index (χ1) is 10.3. The average molecular weight is 291 g/mol. The number of hydrogen-bond donors (Lipinski definition) is 1. The number of nitrogens with two attached hydrogens (primary N) is 1. The predicted octanol–water partition coefficient (Wildman–Crippen LogP) is 1.27. The third kappa shape index (κ3) is 3.44. The van der Waals surface area contributed by atoms with Gasteiger partial charge in [0.2, 0.25) is 0 Å². The molecule has 0 amide bonds. The smallest absolute Gasteiger partial charge is 0.158 e. The molecule has 2 saturated heterocycles. The molecule has 0 radical (unpaired) electrons. The average Bonchev–Trinajstić information content (AvgIpc) is 2.52. The largest absolute Gasteiger partial charge is 0.384 e. The fourth-order valence-corrected chi connectivity index (χ4v) is 3.29. The van der Waals surface area contributed by atoms with Gasteiger partial charge in [-0.1, -0.05) is 6.42 Å². The Morgan fingerprint density at radius 3 is 3.05 bits per heavy atom. The van der Waals surface area contributed by atoms with Crippen molar-refractivity contribution in [2.45, 2.75) is 38.8 Å². The van der Waals surface area contributed by atoms with Crippen LogP contribution in [0.25, 0.3) is 0 Å². The van der Waals surface area contributed by atoms with Crippen LogP contribution in [0.5, 0.6) is 0 Å². The number of piperazine rings is 1. The second-order valence-electron chi connectivity index (χ2n) is 5.84. The summed E-state index contributed by atoms with van der Waals surface area (Å²) in [6, 6.07) is 2.55. The lowest BCUT2D eigenvalue weighted by Gasteiger charge is -2.44. The van der Waals surface area contributed by atoms with Gasteiger partial charge in [0, 0.05) is 38.3 Å². The van der Waals surface area contributed by atoms with Crippen LogP contribution >= 0.6 is 0 Å². The van der Waals surface area contributed by atoms with Gasteiger partial charge in [0.05, 0.1) is 0 Å². The second kappa shape index (κ2) is 6.58.